The van der Waals surface area contributed by atoms with E-state index in [0.29, 0.717) is 4.60 Å². The van der Waals surface area contributed by atoms with Gasteiger partial charge >= 0.3 is 0 Å². The molecule has 0 aromatic carbocycles. The summed E-state index contributed by atoms with van der Waals surface area (Å²) in [6.07, 6.45) is -0.976. The van der Waals surface area contributed by atoms with Crippen LogP contribution in [0.3, 0.4) is 0 Å². The number of aliphatic hydroxyl groups excluding tert-OH is 1. The maximum atomic E-state index is 12.0. The van der Waals surface area contributed by atoms with Crippen molar-refractivity contribution in [1.29, 1.82) is 0 Å². The molecule has 0 aliphatic carbocycles. The zero-order valence-corrected chi connectivity index (χ0v) is 10.1. The summed E-state index contributed by atoms with van der Waals surface area (Å²) in [7, 11) is 0. The maximum absolute atomic E-state index is 12.0. The molecule has 1 aromatic heterocycles. The van der Waals surface area contributed by atoms with Crippen molar-refractivity contribution in [3.05, 3.63) is 15.0 Å². The average Bonchev–Trinajstić information content (AvgIpc) is 2.32. The van der Waals surface area contributed by atoms with Gasteiger partial charge in [-0.3, -0.25) is 0 Å². The molecule has 13 heavy (non-hydrogen) atoms. The summed E-state index contributed by atoms with van der Waals surface area (Å²) in [6, 6.07) is 0. The van der Waals surface area contributed by atoms with Crippen LogP contribution in [-0.2, 0) is 6.54 Å². The first kappa shape index (κ1) is 11.1. The molecular weight excluding hydrogens is 307 g/mol. The Morgan fingerprint density at radius 1 is 1.62 bits per heavy atom. The zero-order valence-electron chi connectivity index (χ0n) is 6.97. The van der Waals surface area contributed by atoms with Crippen molar-refractivity contribution < 1.29 is 9.50 Å². The number of aryl methyl sites for hydroxylation is 1. The van der Waals surface area contributed by atoms with E-state index >= 15 is 0 Å². The molecule has 0 aliphatic heterocycles. The van der Waals surface area contributed by atoms with Crippen molar-refractivity contribution in [2.24, 2.45) is 0 Å². The Bertz CT molecular complexity index is 303. The van der Waals surface area contributed by atoms with E-state index < -0.39 is 12.8 Å². The summed E-state index contributed by atoms with van der Waals surface area (Å²) in [5.74, 6) is 0.728. The van der Waals surface area contributed by atoms with Crippen LogP contribution in [0, 0.1) is 6.92 Å². The lowest BCUT2D eigenvalue weighted by Gasteiger charge is -2.09. The SMILES string of the molecule is Cc1nc(Br)c(Br)n1CC(O)CF. The molecule has 1 rings (SSSR count). The minimum absolute atomic E-state index is 0.210. The molecule has 0 saturated heterocycles. The number of aromatic nitrogens is 2. The van der Waals surface area contributed by atoms with Crippen molar-refractivity contribution in [2.45, 2.75) is 19.6 Å². The van der Waals surface area contributed by atoms with Gasteiger partial charge in [-0.15, -0.1) is 0 Å². The van der Waals surface area contributed by atoms with E-state index in [4.69, 9.17) is 5.11 Å². The second kappa shape index (κ2) is 4.52. The summed E-state index contributed by atoms with van der Waals surface area (Å²) >= 11 is 6.50. The standard InChI is InChI=1S/C7H9Br2FN2O/c1-4-11-6(8)7(9)12(4)3-5(13)2-10/h5,13H,2-3H2,1H3. The highest BCUT2D eigenvalue weighted by Gasteiger charge is 2.13. The molecule has 0 aliphatic rings. The molecule has 0 radical (unpaired) electrons. The number of hydrogen-bond donors (Lipinski definition) is 1. The molecule has 0 bridgehead atoms. The molecule has 1 heterocycles. The molecule has 1 unspecified atom stereocenters. The lowest BCUT2D eigenvalue weighted by Crippen LogP contribution is -2.18. The van der Waals surface area contributed by atoms with Crippen LogP contribution < -0.4 is 0 Å². The van der Waals surface area contributed by atoms with Crippen molar-refractivity contribution in [2.75, 3.05) is 6.67 Å². The van der Waals surface area contributed by atoms with Gasteiger partial charge in [0.05, 0.1) is 6.54 Å². The van der Waals surface area contributed by atoms with Gasteiger partial charge in [-0.1, -0.05) is 0 Å². The van der Waals surface area contributed by atoms with E-state index in [9.17, 15) is 4.39 Å². The van der Waals surface area contributed by atoms with Gasteiger partial charge in [-0.25, -0.2) is 9.37 Å². The Labute approximate surface area is 92.2 Å². The van der Waals surface area contributed by atoms with E-state index in [1.807, 2.05) is 0 Å². The average molecular weight is 316 g/mol. The lowest BCUT2D eigenvalue weighted by molar-refractivity contribution is 0.120. The van der Waals surface area contributed by atoms with Crippen molar-refractivity contribution in [3.8, 4) is 0 Å². The van der Waals surface area contributed by atoms with Crippen molar-refractivity contribution in [1.82, 2.24) is 9.55 Å². The molecule has 1 N–H and O–H groups in total. The van der Waals surface area contributed by atoms with Gasteiger partial charge in [-0.05, 0) is 38.8 Å². The van der Waals surface area contributed by atoms with Crippen molar-refractivity contribution >= 4 is 31.9 Å². The predicted molar refractivity (Wildman–Crippen MR) is 54.3 cm³/mol. The van der Waals surface area contributed by atoms with E-state index in [1.165, 1.54) is 0 Å². The quantitative estimate of drug-likeness (QED) is 0.927. The van der Waals surface area contributed by atoms with E-state index in [-0.39, 0.29) is 6.54 Å². The minimum Gasteiger partial charge on any atom is -0.389 e. The molecular formula is C7H9Br2FN2O. The van der Waals surface area contributed by atoms with Crippen LogP contribution in [0.25, 0.3) is 0 Å². The molecule has 3 nitrogen and oxygen atoms in total. The van der Waals surface area contributed by atoms with Crippen LogP contribution in [0.5, 0.6) is 0 Å². The molecule has 1 atom stereocenters. The Hall–Kier alpha value is 0.0600. The smallest absolute Gasteiger partial charge is 0.139 e. The molecule has 0 saturated carbocycles. The van der Waals surface area contributed by atoms with Crippen LogP contribution in [0.1, 0.15) is 5.82 Å². The van der Waals surface area contributed by atoms with Gasteiger partial charge in [0.1, 0.15) is 27.8 Å². The highest BCUT2D eigenvalue weighted by Crippen LogP contribution is 2.23. The minimum atomic E-state index is -0.976. The zero-order chi connectivity index (χ0) is 10.0. The predicted octanol–water partition coefficient (Wildman–Crippen LogP) is 2.05. The first-order valence-electron chi connectivity index (χ1n) is 3.68. The Balaban J connectivity index is 2.87. The van der Waals surface area contributed by atoms with Crippen LogP contribution in [0.15, 0.2) is 9.21 Å². The third-order valence-corrected chi connectivity index (χ3v) is 3.52. The molecule has 74 valence electrons. The first-order chi connectivity index (χ1) is 6.06. The molecule has 1 aromatic rings. The monoisotopic (exact) mass is 314 g/mol. The van der Waals surface area contributed by atoms with Gasteiger partial charge in [0.25, 0.3) is 0 Å². The summed E-state index contributed by atoms with van der Waals surface area (Å²) in [5, 5.41) is 9.11. The fourth-order valence-electron chi connectivity index (χ4n) is 0.974. The van der Waals surface area contributed by atoms with Crippen LogP contribution in [0.2, 0.25) is 0 Å². The summed E-state index contributed by atoms with van der Waals surface area (Å²) in [5.41, 5.74) is 0. The number of imidazole rings is 1. The summed E-state index contributed by atoms with van der Waals surface area (Å²) < 4.78 is 15.1. The summed E-state index contributed by atoms with van der Waals surface area (Å²) in [6.45, 7) is 1.25. The lowest BCUT2D eigenvalue weighted by atomic mass is 10.4. The topological polar surface area (TPSA) is 38.0 Å². The highest BCUT2D eigenvalue weighted by molar-refractivity contribution is 9.13. The third-order valence-electron chi connectivity index (χ3n) is 1.63. The molecule has 0 fully saturated rings. The van der Waals surface area contributed by atoms with Crippen LogP contribution in [0.4, 0.5) is 4.39 Å². The van der Waals surface area contributed by atoms with Gasteiger partial charge in [0.15, 0.2) is 0 Å². The number of alkyl halides is 1. The van der Waals surface area contributed by atoms with E-state index in [2.05, 4.69) is 36.8 Å². The number of aliphatic hydroxyl groups is 1. The Morgan fingerprint density at radius 2 is 2.23 bits per heavy atom. The van der Waals surface area contributed by atoms with Gasteiger partial charge in [-0.2, -0.15) is 0 Å². The highest BCUT2D eigenvalue weighted by atomic mass is 79.9. The number of rotatable bonds is 3. The first-order valence-corrected chi connectivity index (χ1v) is 5.27. The molecule has 6 heteroatoms. The maximum Gasteiger partial charge on any atom is 0.139 e. The molecule has 0 amide bonds. The fourth-order valence-corrected chi connectivity index (χ4v) is 1.93. The number of halogens is 3. The van der Waals surface area contributed by atoms with Gasteiger partial charge < -0.3 is 9.67 Å². The molecule has 0 spiro atoms. The Kier molecular flexibility index (Phi) is 3.87. The third kappa shape index (κ3) is 2.51. The summed E-state index contributed by atoms with van der Waals surface area (Å²) in [4.78, 5) is 4.10. The van der Waals surface area contributed by atoms with Gasteiger partial charge in [0, 0.05) is 0 Å². The van der Waals surface area contributed by atoms with E-state index in [1.54, 1.807) is 11.5 Å². The Morgan fingerprint density at radius 3 is 2.62 bits per heavy atom. The number of nitrogens with zero attached hydrogens (tertiary/aromatic N) is 2. The van der Waals surface area contributed by atoms with Crippen LogP contribution >= 0.6 is 31.9 Å². The van der Waals surface area contributed by atoms with E-state index in [0.717, 1.165) is 10.4 Å². The van der Waals surface area contributed by atoms with Crippen LogP contribution in [-0.4, -0.2) is 27.4 Å². The second-order valence-corrected chi connectivity index (χ2v) is 4.16. The normalized spacial score (nSPS) is 13.3. The van der Waals surface area contributed by atoms with Gasteiger partial charge in [0.2, 0.25) is 0 Å². The number of hydrogen-bond acceptors (Lipinski definition) is 2. The van der Waals surface area contributed by atoms with Crippen molar-refractivity contribution in [3.63, 3.8) is 0 Å². The fraction of sp³-hybridized carbons (Fsp3) is 0.571. The largest absolute Gasteiger partial charge is 0.389 e. The second-order valence-electron chi connectivity index (χ2n) is 2.66.